The minimum absolute atomic E-state index is 0.764. The summed E-state index contributed by atoms with van der Waals surface area (Å²) in [5.74, 6) is 1.01. The SMILES string of the molecule is Cc1nc(Cc2ccc(Cl)cc2)c(Br)n1C. The van der Waals surface area contributed by atoms with Crippen molar-refractivity contribution in [1.29, 1.82) is 0 Å². The minimum Gasteiger partial charge on any atom is -0.326 e. The summed E-state index contributed by atoms with van der Waals surface area (Å²) in [4.78, 5) is 4.51. The second-order valence-electron chi connectivity index (χ2n) is 3.76. The van der Waals surface area contributed by atoms with E-state index in [1.165, 1.54) is 5.56 Å². The summed E-state index contributed by atoms with van der Waals surface area (Å²) in [6.07, 6.45) is 0.819. The summed E-state index contributed by atoms with van der Waals surface area (Å²) in [5, 5.41) is 0.764. The zero-order valence-electron chi connectivity index (χ0n) is 9.17. The van der Waals surface area contributed by atoms with E-state index < -0.39 is 0 Å². The van der Waals surface area contributed by atoms with Crippen LogP contribution < -0.4 is 0 Å². The van der Waals surface area contributed by atoms with Gasteiger partial charge in [0.05, 0.1) is 5.69 Å². The Bertz CT molecular complexity index is 502. The standard InChI is InChI=1S/C12H12BrClN2/c1-8-15-11(12(13)16(8)2)7-9-3-5-10(14)6-4-9/h3-6H,7H2,1-2H3. The molecule has 0 aliphatic rings. The summed E-state index contributed by atoms with van der Waals surface area (Å²) >= 11 is 9.39. The Morgan fingerprint density at radius 1 is 1.31 bits per heavy atom. The molecule has 0 spiro atoms. The van der Waals surface area contributed by atoms with Gasteiger partial charge in [0.15, 0.2) is 0 Å². The molecule has 0 aliphatic carbocycles. The summed E-state index contributed by atoms with van der Waals surface area (Å²) in [6.45, 7) is 2.00. The Labute approximate surface area is 108 Å². The molecule has 2 aromatic rings. The normalized spacial score (nSPS) is 10.8. The molecule has 16 heavy (non-hydrogen) atoms. The van der Waals surface area contributed by atoms with Gasteiger partial charge in [0.1, 0.15) is 10.4 Å². The van der Waals surface area contributed by atoms with E-state index in [2.05, 4.69) is 20.9 Å². The van der Waals surface area contributed by atoms with Crippen molar-refractivity contribution in [1.82, 2.24) is 9.55 Å². The number of imidazole rings is 1. The van der Waals surface area contributed by atoms with Crippen LogP contribution in [0.15, 0.2) is 28.9 Å². The van der Waals surface area contributed by atoms with Crippen LogP contribution in [-0.4, -0.2) is 9.55 Å². The molecule has 0 amide bonds. The number of halogens is 2. The van der Waals surface area contributed by atoms with Gasteiger partial charge in [-0.3, -0.25) is 0 Å². The van der Waals surface area contributed by atoms with Gasteiger partial charge in [-0.25, -0.2) is 4.98 Å². The van der Waals surface area contributed by atoms with Crippen LogP contribution in [0, 0.1) is 6.92 Å². The van der Waals surface area contributed by atoms with Crippen LogP contribution >= 0.6 is 27.5 Å². The highest BCUT2D eigenvalue weighted by Gasteiger charge is 2.09. The Kier molecular flexibility index (Phi) is 3.36. The maximum atomic E-state index is 5.85. The van der Waals surface area contributed by atoms with Crippen LogP contribution in [0.1, 0.15) is 17.1 Å². The fourth-order valence-electron chi connectivity index (χ4n) is 1.56. The van der Waals surface area contributed by atoms with Gasteiger partial charge in [0, 0.05) is 18.5 Å². The number of hydrogen-bond donors (Lipinski definition) is 0. The molecule has 1 aromatic carbocycles. The number of nitrogens with zero attached hydrogens (tertiary/aromatic N) is 2. The van der Waals surface area contributed by atoms with E-state index in [9.17, 15) is 0 Å². The Balaban J connectivity index is 2.27. The van der Waals surface area contributed by atoms with Gasteiger partial charge >= 0.3 is 0 Å². The van der Waals surface area contributed by atoms with Gasteiger partial charge in [-0.05, 0) is 40.5 Å². The third-order valence-corrected chi connectivity index (χ3v) is 3.84. The summed E-state index contributed by atoms with van der Waals surface area (Å²) < 4.78 is 3.07. The number of benzene rings is 1. The summed E-state index contributed by atoms with van der Waals surface area (Å²) in [6, 6.07) is 7.86. The molecule has 0 fully saturated rings. The molecule has 2 rings (SSSR count). The van der Waals surface area contributed by atoms with Crippen LogP contribution in [0.4, 0.5) is 0 Å². The first-order valence-electron chi connectivity index (χ1n) is 5.00. The van der Waals surface area contributed by atoms with Crippen molar-refractivity contribution in [2.75, 3.05) is 0 Å². The second kappa shape index (κ2) is 4.60. The highest BCUT2D eigenvalue weighted by molar-refractivity contribution is 9.10. The molecule has 0 N–H and O–H groups in total. The highest BCUT2D eigenvalue weighted by Crippen LogP contribution is 2.21. The van der Waals surface area contributed by atoms with Crippen molar-refractivity contribution in [3.05, 3.63) is 51.0 Å². The van der Waals surface area contributed by atoms with Crippen LogP contribution in [-0.2, 0) is 13.5 Å². The monoisotopic (exact) mass is 298 g/mol. The van der Waals surface area contributed by atoms with Crippen LogP contribution in [0.2, 0.25) is 5.02 Å². The maximum Gasteiger partial charge on any atom is 0.108 e. The van der Waals surface area contributed by atoms with E-state index in [1.54, 1.807) is 0 Å². The van der Waals surface area contributed by atoms with Crippen molar-refractivity contribution in [3.8, 4) is 0 Å². The Hall–Kier alpha value is -0.800. The number of aromatic nitrogens is 2. The van der Waals surface area contributed by atoms with Crippen LogP contribution in [0.3, 0.4) is 0 Å². The van der Waals surface area contributed by atoms with Crippen molar-refractivity contribution in [2.24, 2.45) is 7.05 Å². The lowest BCUT2D eigenvalue weighted by molar-refractivity contribution is 0.839. The van der Waals surface area contributed by atoms with E-state index in [-0.39, 0.29) is 0 Å². The number of aryl methyl sites for hydroxylation is 1. The minimum atomic E-state index is 0.764. The van der Waals surface area contributed by atoms with Gasteiger partial charge in [0.25, 0.3) is 0 Å². The van der Waals surface area contributed by atoms with Gasteiger partial charge in [-0.15, -0.1) is 0 Å². The number of hydrogen-bond acceptors (Lipinski definition) is 1. The zero-order valence-corrected chi connectivity index (χ0v) is 11.5. The van der Waals surface area contributed by atoms with E-state index in [0.29, 0.717) is 0 Å². The predicted molar refractivity (Wildman–Crippen MR) is 69.9 cm³/mol. The van der Waals surface area contributed by atoms with E-state index in [0.717, 1.165) is 27.6 Å². The fourth-order valence-corrected chi connectivity index (χ4v) is 2.17. The van der Waals surface area contributed by atoms with Gasteiger partial charge < -0.3 is 4.57 Å². The lowest BCUT2D eigenvalue weighted by atomic mass is 10.1. The van der Waals surface area contributed by atoms with E-state index in [4.69, 9.17) is 11.6 Å². The van der Waals surface area contributed by atoms with Gasteiger partial charge in [0.2, 0.25) is 0 Å². The third-order valence-electron chi connectivity index (χ3n) is 2.60. The highest BCUT2D eigenvalue weighted by atomic mass is 79.9. The zero-order chi connectivity index (χ0) is 11.7. The first kappa shape index (κ1) is 11.7. The molecule has 1 heterocycles. The average Bonchev–Trinajstić information content (AvgIpc) is 2.50. The lowest BCUT2D eigenvalue weighted by Gasteiger charge is -2.00. The van der Waals surface area contributed by atoms with Crippen molar-refractivity contribution >= 4 is 27.5 Å². The second-order valence-corrected chi connectivity index (χ2v) is 4.95. The van der Waals surface area contributed by atoms with Crippen molar-refractivity contribution in [2.45, 2.75) is 13.3 Å². The number of rotatable bonds is 2. The van der Waals surface area contributed by atoms with Gasteiger partial charge in [-0.2, -0.15) is 0 Å². The molecular weight excluding hydrogens is 288 g/mol. The molecular formula is C12H12BrClN2. The van der Waals surface area contributed by atoms with Crippen molar-refractivity contribution < 1.29 is 0 Å². The van der Waals surface area contributed by atoms with Crippen molar-refractivity contribution in [3.63, 3.8) is 0 Å². The maximum absolute atomic E-state index is 5.85. The summed E-state index contributed by atoms with van der Waals surface area (Å²) in [7, 11) is 2.00. The molecule has 0 radical (unpaired) electrons. The smallest absolute Gasteiger partial charge is 0.108 e. The summed E-state index contributed by atoms with van der Waals surface area (Å²) in [5.41, 5.74) is 2.27. The molecule has 2 nitrogen and oxygen atoms in total. The molecule has 0 bridgehead atoms. The van der Waals surface area contributed by atoms with Crippen LogP contribution in [0.25, 0.3) is 0 Å². The molecule has 1 aromatic heterocycles. The van der Waals surface area contributed by atoms with Gasteiger partial charge in [-0.1, -0.05) is 23.7 Å². The predicted octanol–water partition coefficient (Wildman–Crippen LogP) is 3.74. The molecule has 84 valence electrons. The topological polar surface area (TPSA) is 17.8 Å². The molecule has 4 heteroatoms. The third kappa shape index (κ3) is 2.30. The first-order chi connectivity index (χ1) is 7.58. The van der Waals surface area contributed by atoms with Crippen LogP contribution in [0.5, 0.6) is 0 Å². The quantitative estimate of drug-likeness (QED) is 0.826. The Morgan fingerprint density at radius 2 is 1.94 bits per heavy atom. The molecule has 0 atom stereocenters. The Morgan fingerprint density at radius 3 is 2.44 bits per heavy atom. The largest absolute Gasteiger partial charge is 0.326 e. The molecule has 0 saturated heterocycles. The first-order valence-corrected chi connectivity index (χ1v) is 6.17. The molecule has 0 unspecified atom stereocenters. The molecule has 0 aliphatic heterocycles. The van der Waals surface area contributed by atoms with E-state index >= 15 is 0 Å². The fraction of sp³-hybridized carbons (Fsp3) is 0.250. The molecule has 0 saturated carbocycles. The average molecular weight is 300 g/mol. The lowest BCUT2D eigenvalue weighted by Crippen LogP contribution is -1.91. The van der Waals surface area contributed by atoms with E-state index in [1.807, 2.05) is 42.8 Å².